The van der Waals surface area contributed by atoms with E-state index >= 15 is 0 Å². The van der Waals surface area contributed by atoms with Gasteiger partial charge < -0.3 is 10.2 Å². The van der Waals surface area contributed by atoms with Gasteiger partial charge in [0.05, 0.1) is 27.2 Å². The Balaban J connectivity index is 1.65. The van der Waals surface area contributed by atoms with Crippen molar-refractivity contribution in [2.24, 2.45) is 0 Å². The number of aryl methyl sites for hydroxylation is 1. The molecular formula is C27H19ClN2O4S. The molecule has 2 heterocycles. The molecule has 1 aliphatic heterocycles. The van der Waals surface area contributed by atoms with Crippen molar-refractivity contribution in [2.45, 2.75) is 13.0 Å². The highest BCUT2D eigenvalue weighted by atomic mass is 35.5. The van der Waals surface area contributed by atoms with Crippen LogP contribution in [-0.4, -0.2) is 26.9 Å². The van der Waals surface area contributed by atoms with Gasteiger partial charge in [-0.2, -0.15) is 0 Å². The molecule has 0 saturated heterocycles. The number of phenolic OH excluding ortho intramolecular Hbond substituents is 1. The lowest BCUT2D eigenvalue weighted by Gasteiger charge is -2.27. The number of para-hydroxylation sites is 1. The number of halogens is 1. The zero-order chi connectivity index (χ0) is 24.7. The Hall–Kier alpha value is -3.94. The van der Waals surface area contributed by atoms with Crippen LogP contribution in [0, 0.1) is 6.92 Å². The van der Waals surface area contributed by atoms with Crippen LogP contribution in [0.1, 0.15) is 27.0 Å². The van der Waals surface area contributed by atoms with Gasteiger partial charge in [-0.15, -0.1) is 11.3 Å². The van der Waals surface area contributed by atoms with Gasteiger partial charge in [0.25, 0.3) is 5.91 Å². The normalized spacial score (nSPS) is 15.7. The van der Waals surface area contributed by atoms with E-state index in [1.807, 2.05) is 36.4 Å². The van der Waals surface area contributed by atoms with E-state index < -0.39 is 23.5 Å². The molecule has 4 aromatic rings. The first-order valence-corrected chi connectivity index (χ1v) is 11.9. The van der Waals surface area contributed by atoms with E-state index in [1.165, 1.54) is 28.4 Å². The fourth-order valence-electron chi connectivity index (χ4n) is 4.13. The first-order chi connectivity index (χ1) is 16.9. The highest BCUT2D eigenvalue weighted by Gasteiger charge is 2.45. The molecular weight excluding hydrogens is 484 g/mol. The summed E-state index contributed by atoms with van der Waals surface area (Å²) in [6.45, 7) is 1.73. The van der Waals surface area contributed by atoms with E-state index in [4.69, 9.17) is 11.6 Å². The van der Waals surface area contributed by atoms with Crippen molar-refractivity contribution < 1.29 is 19.8 Å². The number of aromatic nitrogens is 1. The molecule has 3 aromatic carbocycles. The number of carbonyl (C=O) groups excluding carboxylic acids is 2. The number of benzene rings is 3. The number of anilines is 1. The third-order valence-corrected chi connectivity index (χ3v) is 7.31. The third-order valence-electron chi connectivity index (χ3n) is 5.80. The number of hydrogen-bond acceptors (Lipinski definition) is 6. The number of Topliss-reactive ketones (excluding diaryl/α,β-unsaturated/α-hetero) is 1. The molecule has 6 nitrogen and oxygen atoms in total. The number of nitrogens with zero attached hydrogens (tertiary/aromatic N) is 2. The van der Waals surface area contributed by atoms with Crippen LogP contribution in [0.25, 0.3) is 10.6 Å². The lowest BCUT2D eigenvalue weighted by molar-refractivity contribution is -0.117. The number of amides is 1. The predicted octanol–water partition coefficient (Wildman–Crippen LogP) is 6.26. The van der Waals surface area contributed by atoms with Crippen LogP contribution < -0.4 is 4.90 Å². The van der Waals surface area contributed by atoms with Crippen molar-refractivity contribution in [1.82, 2.24) is 4.98 Å². The minimum Gasteiger partial charge on any atom is -0.506 e. The summed E-state index contributed by atoms with van der Waals surface area (Å²) >= 11 is 7.38. The molecule has 0 bridgehead atoms. The Kier molecular flexibility index (Phi) is 5.88. The van der Waals surface area contributed by atoms with Crippen LogP contribution in [0.5, 0.6) is 5.75 Å². The third kappa shape index (κ3) is 3.99. The SMILES string of the molecule is Cc1nc(-c2ccccc2)sc1C(=O)C1=C(O)C(=O)N(c2ccccc2)C1c1ccc(O)c(Cl)c1. The van der Waals surface area contributed by atoms with Crippen molar-refractivity contribution in [1.29, 1.82) is 0 Å². The summed E-state index contributed by atoms with van der Waals surface area (Å²) in [5.41, 5.74) is 2.29. The first kappa shape index (κ1) is 22.8. The molecule has 1 aliphatic rings. The molecule has 8 heteroatoms. The Morgan fingerprint density at radius 2 is 1.66 bits per heavy atom. The van der Waals surface area contributed by atoms with E-state index in [1.54, 1.807) is 37.3 Å². The van der Waals surface area contributed by atoms with Gasteiger partial charge in [0, 0.05) is 11.3 Å². The average molecular weight is 503 g/mol. The van der Waals surface area contributed by atoms with Gasteiger partial charge in [0.2, 0.25) is 5.78 Å². The van der Waals surface area contributed by atoms with Gasteiger partial charge in [-0.1, -0.05) is 66.2 Å². The number of aromatic hydroxyl groups is 1. The van der Waals surface area contributed by atoms with Gasteiger partial charge >= 0.3 is 0 Å². The summed E-state index contributed by atoms with van der Waals surface area (Å²) in [5, 5.41) is 21.6. The predicted molar refractivity (Wildman–Crippen MR) is 136 cm³/mol. The maximum atomic E-state index is 13.9. The molecule has 0 radical (unpaired) electrons. The molecule has 1 amide bonds. The number of carbonyl (C=O) groups is 2. The van der Waals surface area contributed by atoms with Crippen LogP contribution in [0.3, 0.4) is 0 Å². The zero-order valence-corrected chi connectivity index (χ0v) is 20.0. The number of thiazole rings is 1. The van der Waals surface area contributed by atoms with Crippen LogP contribution >= 0.6 is 22.9 Å². The van der Waals surface area contributed by atoms with E-state index in [-0.39, 0.29) is 16.3 Å². The van der Waals surface area contributed by atoms with Crippen molar-refractivity contribution in [3.8, 4) is 16.3 Å². The number of hydrogen-bond donors (Lipinski definition) is 2. The van der Waals surface area contributed by atoms with Crippen LogP contribution in [0.2, 0.25) is 5.02 Å². The number of phenols is 1. The second-order valence-electron chi connectivity index (χ2n) is 8.02. The maximum absolute atomic E-state index is 13.9. The fraction of sp³-hybridized carbons (Fsp3) is 0.0741. The Morgan fingerprint density at radius 1 is 1.00 bits per heavy atom. The summed E-state index contributed by atoms with van der Waals surface area (Å²) < 4.78 is 0. The minimum atomic E-state index is -0.947. The molecule has 1 unspecified atom stereocenters. The Labute approximate surface area is 210 Å². The molecule has 0 aliphatic carbocycles. The molecule has 1 atom stereocenters. The minimum absolute atomic E-state index is 0.0630. The Morgan fingerprint density at radius 3 is 2.31 bits per heavy atom. The average Bonchev–Trinajstić information content (AvgIpc) is 3.39. The monoisotopic (exact) mass is 502 g/mol. The number of rotatable bonds is 5. The number of aliphatic hydroxyl groups excluding tert-OH is 1. The van der Waals surface area contributed by atoms with Gasteiger partial charge in [-0.05, 0) is 36.8 Å². The largest absolute Gasteiger partial charge is 0.506 e. The molecule has 174 valence electrons. The second kappa shape index (κ2) is 9.02. The lowest BCUT2D eigenvalue weighted by atomic mass is 9.94. The topological polar surface area (TPSA) is 90.7 Å². The van der Waals surface area contributed by atoms with E-state index in [0.29, 0.717) is 26.8 Å². The van der Waals surface area contributed by atoms with Gasteiger partial charge in [0.1, 0.15) is 10.8 Å². The second-order valence-corrected chi connectivity index (χ2v) is 9.42. The highest BCUT2D eigenvalue weighted by Crippen LogP contribution is 2.44. The van der Waals surface area contributed by atoms with Crippen LogP contribution in [-0.2, 0) is 4.79 Å². The van der Waals surface area contributed by atoms with E-state index in [2.05, 4.69) is 4.98 Å². The molecule has 0 spiro atoms. The van der Waals surface area contributed by atoms with Gasteiger partial charge in [-0.25, -0.2) is 4.98 Å². The van der Waals surface area contributed by atoms with Crippen molar-refractivity contribution in [2.75, 3.05) is 4.90 Å². The summed E-state index contributed by atoms with van der Waals surface area (Å²) in [7, 11) is 0. The van der Waals surface area contributed by atoms with Crippen molar-refractivity contribution in [3.63, 3.8) is 0 Å². The summed E-state index contributed by atoms with van der Waals surface area (Å²) in [5.74, 6) is -1.93. The molecule has 5 rings (SSSR count). The standard InChI is InChI=1S/C27H19ClN2O4S/c1-15-25(35-26(29-15)16-8-4-2-5-9-16)23(32)21-22(17-12-13-20(31)19(28)14-17)30(27(34)24(21)33)18-10-6-3-7-11-18/h2-14,22,31,33H,1H3. The first-order valence-electron chi connectivity index (χ1n) is 10.7. The van der Waals surface area contributed by atoms with Crippen molar-refractivity contribution >= 4 is 40.3 Å². The molecule has 0 saturated carbocycles. The van der Waals surface area contributed by atoms with Gasteiger partial charge in [-0.3, -0.25) is 14.5 Å². The maximum Gasteiger partial charge on any atom is 0.294 e. The zero-order valence-electron chi connectivity index (χ0n) is 18.5. The summed E-state index contributed by atoms with van der Waals surface area (Å²) in [6.07, 6.45) is 0. The Bertz CT molecular complexity index is 1480. The van der Waals surface area contributed by atoms with Crippen molar-refractivity contribution in [3.05, 3.63) is 111 Å². The number of ketones is 1. The molecule has 35 heavy (non-hydrogen) atoms. The van der Waals surface area contributed by atoms with E-state index in [9.17, 15) is 19.8 Å². The molecule has 1 aromatic heterocycles. The number of aliphatic hydroxyl groups is 1. The quantitative estimate of drug-likeness (QED) is 0.314. The molecule has 2 N–H and O–H groups in total. The summed E-state index contributed by atoms with van der Waals surface area (Å²) in [6, 6.07) is 21.8. The highest BCUT2D eigenvalue weighted by molar-refractivity contribution is 7.17. The summed E-state index contributed by atoms with van der Waals surface area (Å²) in [4.78, 5) is 33.4. The van der Waals surface area contributed by atoms with Crippen LogP contribution in [0.15, 0.2) is 90.2 Å². The van der Waals surface area contributed by atoms with Gasteiger partial charge in [0.15, 0.2) is 5.76 Å². The van der Waals surface area contributed by atoms with Crippen LogP contribution in [0.4, 0.5) is 5.69 Å². The molecule has 0 fully saturated rings. The lowest BCUT2D eigenvalue weighted by Crippen LogP contribution is -2.31. The fourth-order valence-corrected chi connectivity index (χ4v) is 5.35. The smallest absolute Gasteiger partial charge is 0.294 e. The van der Waals surface area contributed by atoms with E-state index in [0.717, 1.165) is 5.56 Å².